The third-order valence-corrected chi connectivity index (χ3v) is 10.9. The van der Waals surface area contributed by atoms with Crippen molar-refractivity contribution in [1.82, 2.24) is 0 Å². The summed E-state index contributed by atoms with van der Waals surface area (Å²) in [6.45, 7) is 2.45. The second kappa shape index (κ2) is 10.3. The van der Waals surface area contributed by atoms with E-state index in [2.05, 4.69) is 183 Å². The monoisotopic (exact) mass is 608 g/mol. The lowest BCUT2D eigenvalue weighted by Gasteiger charge is -2.30. The van der Waals surface area contributed by atoms with Gasteiger partial charge in [-0.05, 0) is 106 Å². The molecule has 48 heavy (non-hydrogen) atoms. The van der Waals surface area contributed by atoms with E-state index in [9.17, 15) is 0 Å². The molecule has 0 aromatic heterocycles. The number of hydrogen-bond donors (Lipinski definition) is 0. The summed E-state index contributed by atoms with van der Waals surface area (Å²) in [7, 11) is 0. The molecule has 9 aromatic carbocycles. The third-order valence-electron chi connectivity index (χ3n) is 10.9. The van der Waals surface area contributed by atoms with Crippen molar-refractivity contribution in [2.75, 3.05) is 0 Å². The minimum atomic E-state index is -0.346. The molecule has 9 aromatic rings. The number of fused-ring (bicyclic) bond motifs is 10. The molecule has 0 spiro atoms. The summed E-state index contributed by atoms with van der Waals surface area (Å²) in [5, 5.41) is 10.4. The normalized spacial score (nSPS) is 15.3. The zero-order valence-electron chi connectivity index (χ0n) is 26.7. The van der Waals surface area contributed by atoms with Gasteiger partial charge in [-0.25, -0.2) is 0 Å². The molecule has 0 bridgehead atoms. The summed E-state index contributed by atoms with van der Waals surface area (Å²) in [5.74, 6) is 0. The minimum Gasteiger partial charge on any atom is -0.0622 e. The van der Waals surface area contributed by atoms with E-state index in [0.717, 1.165) is 0 Å². The van der Waals surface area contributed by atoms with Crippen molar-refractivity contribution in [2.45, 2.75) is 12.3 Å². The van der Waals surface area contributed by atoms with Gasteiger partial charge in [0.15, 0.2) is 0 Å². The summed E-state index contributed by atoms with van der Waals surface area (Å²) >= 11 is 0. The lowest BCUT2D eigenvalue weighted by atomic mass is 9.72. The van der Waals surface area contributed by atoms with Gasteiger partial charge in [-0.15, -0.1) is 0 Å². The molecule has 10 rings (SSSR count). The van der Waals surface area contributed by atoms with Crippen LogP contribution in [0.2, 0.25) is 0 Å². The molecule has 1 aliphatic carbocycles. The molecule has 1 atom stereocenters. The molecule has 0 amide bonds. The number of benzene rings is 9. The Kier molecular flexibility index (Phi) is 5.81. The number of hydrogen-bond acceptors (Lipinski definition) is 0. The van der Waals surface area contributed by atoms with Gasteiger partial charge in [0.05, 0.1) is 0 Å². The first-order valence-corrected chi connectivity index (χ1v) is 16.9. The number of rotatable bonds is 3. The summed E-state index contributed by atoms with van der Waals surface area (Å²) in [5.41, 5.74) is 11.5. The largest absolute Gasteiger partial charge is 0.0622 e. The molecule has 0 heteroatoms. The van der Waals surface area contributed by atoms with Crippen LogP contribution in [-0.4, -0.2) is 0 Å². The predicted molar refractivity (Wildman–Crippen MR) is 205 cm³/mol. The summed E-state index contributed by atoms with van der Waals surface area (Å²) in [6, 6.07) is 65.2. The first-order valence-electron chi connectivity index (χ1n) is 16.9. The molecule has 0 radical (unpaired) electrons. The molecule has 0 saturated carbocycles. The average Bonchev–Trinajstić information content (AvgIpc) is 3.43. The molecule has 0 N–H and O–H groups in total. The Morgan fingerprint density at radius 2 is 0.750 bits per heavy atom. The van der Waals surface area contributed by atoms with Crippen LogP contribution < -0.4 is 0 Å². The van der Waals surface area contributed by atoms with Crippen LogP contribution in [-0.2, 0) is 5.41 Å². The highest BCUT2D eigenvalue weighted by Gasteiger charge is 2.43. The van der Waals surface area contributed by atoms with Gasteiger partial charge < -0.3 is 0 Å². The fraction of sp³-hybridized carbons (Fsp3) is 0.0417. The summed E-state index contributed by atoms with van der Waals surface area (Å²) < 4.78 is 0. The highest BCUT2D eigenvalue weighted by atomic mass is 14.4. The third kappa shape index (κ3) is 3.66. The molecule has 0 aliphatic heterocycles. The maximum absolute atomic E-state index is 2.52. The molecule has 0 saturated heterocycles. The van der Waals surface area contributed by atoms with Crippen LogP contribution in [0.5, 0.6) is 0 Å². The fourth-order valence-corrected chi connectivity index (χ4v) is 8.83. The van der Waals surface area contributed by atoms with E-state index >= 15 is 0 Å². The first kappa shape index (κ1) is 27.2. The summed E-state index contributed by atoms with van der Waals surface area (Å²) in [6.07, 6.45) is 0. The van der Waals surface area contributed by atoms with Crippen molar-refractivity contribution in [3.63, 3.8) is 0 Å². The van der Waals surface area contributed by atoms with E-state index in [4.69, 9.17) is 0 Å². The van der Waals surface area contributed by atoms with E-state index in [1.807, 2.05) is 0 Å². The zero-order valence-corrected chi connectivity index (χ0v) is 26.7. The summed E-state index contributed by atoms with van der Waals surface area (Å²) in [4.78, 5) is 0. The van der Waals surface area contributed by atoms with Crippen LogP contribution >= 0.6 is 0 Å². The Bertz CT molecular complexity index is 2660. The Labute approximate surface area is 280 Å². The molecule has 224 valence electrons. The Hall–Kier alpha value is -5.98. The highest BCUT2D eigenvalue weighted by molar-refractivity contribution is 6.22. The first-order chi connectivity index (χ1) is 23.7. The van der Waals surface area contributed by atoms with Gasteiger partial charge in [-0.3, -0.25) is 0 Å². The van der Waals surface area contributed by atoms with Crippen LogP contribution in [0.25, 0.3) is 76.5 Å². The molecule has 1 unspecified atom stereocenters. The lowest BCUT2D eigenvalue weighted by Crippen LogP contribution is -2.22. The van der Waals surface area contributed by atoms with Gasteiger partial charge >= 0.3 is 0 Å². The molecular weight excluding hydrogens is 577 g/mol. The van der Waals surface area contributed by atoms with Crippen LogP contribution in [0.4, 0.5) is 0 Å². The second-order valence-corrected chi connectivity index (χ2v) is 13.3. The Morgan fingerprint density at radius 3 is 1.31 bits per heavy atom. The van der Waals surface area contributed by atoms with Crippen molar-refractivity contribution in [3.8, 4) is 33.4 Å². The maximum atomic E-state index is 2.52. The molecule has 0 fully saturated rings. The average molecular weight is 609 g/mol. The minimum absolute atomic E-state index is 0.346. The highest BCUT2D eigenvalue weighted by Crippen LogP contribution is 2.58. The van der Waals surface area contributed by atoms with Gasteiger partial charge in [0, 0.05) is 5.41 Å². The standard InChI is InChI=1S/C48H32/c1-48(33-18-6-3-7-19-33)43-30-32(28-29-42(43)46-36-22-10-8-20-34(36)35-21-9-15-27-41(35)47(46)48)45-39-25-13-11-23-37(39)44(31-16-4-2-5-17-31)38-24-12-14-26-40(38)45/h2-30H,1H3. The van der Waals surface area contributed by atoms with Crippen molar-refractivity contribution in [2.24, 2.45) is 0 Å². The van der Waals surface area contributed by atoms with Gasteiger partial charge in [0.1, 0.15) is 0 Å². The second-order valence-electron chi connectivity index (χ2n) is 13.3. The smallest absolute Gasteiger partial charge is 0.0442 e. The SMILES string of the molecule is CC1(c2ccccc2)c2cc(-c3c4ccccc4c(-c4ccccc4)c4ccccc34)ccc2-c2c1c1ccccc1c1ccccc21. The van der Waals surface area contributed by atoms with Crippen LogP contribution in [0.15, 0.2) is 176 Å². The molecule has 1 aliphatic rings. The van der Waals surface area contributed by atoms with Crippen molar-refractivity contribution in [1.29, 1.82) is 0 Å². The van der Waals surface area contributed by atoms with E-state index in [1.165, 1.54) is 93.2 Å². The zero-order chi connectivity index (χ0) is 31.8. The Morgan fingerprint density at radius 1 is 0.333 bits per heavy atom. The van der Waals surface area contributed by atoms with Gasteiger partial charge in [-0.2, -0.15) is 0 Å². The van der Waals surface area contributed by atoms with Crippen molar-refractivity contribution in [3.05, 3.63) is 193 Å². The van der Waals surface area contributed by atoms with Gasteiger partial charge in [0.2, 0.25) is 0 Å². The van der Waals surface area contributed by atoms with Gasteiger partial charge in [-0.1, -0.05) is 170 Å². The van der Waals surface area contributed by atoms with Crippen molar-refractivity contribution < 1.29 is 0 Å². The van der Waals surface area contributed by atoms with Gasteiger partial charge in [0.25, 0.3) is 0 Å². The Balaban J connectivity index is 1.34. The molecule has 0 heterocycles. The quantitative estimate of drug-likeness (QED) is 0.138. The topological polar surface area (TPSA) is 0 Å². The van der Waals surface area contributed by atoms with Crippen molar-refractivity contribution >= 4 is 43.1 Å². The maximum Gasteiger partial charge on any atom is 0.0442 e. The van der Waals surface area contributed by atoms with E-state index in [0.29, 0.717) is 0 Å². The predicted octanol–water partition coefficient (Wildman–Crippen LogP) is 13.0. The van der Waals surface area contributed by atoms with Crippen LogP contribution in [0.3, 0.4) is 0 Å². The molecular formula is C48H32. The van der Waals surface area contributed by atoms with Crippen LogP contribution in [0, 0.1) is 0 Å². The van der Waals surface area contributed by atoms with E-state index in [-0.39, 0.29) is 5.41 Å². The van der Waals surface area contributed by atoms with E-state index < -0.39 is 0 Å². The fourth-order valence-electron chi connectivity index (χ4n) is 8.83. The van der Waals surface area contributed by atoms with E-state index in [1.54, 1.807) is 0 Å². The lowest BCUT2D eigenvalue weighted by molar-refractivity contribution is 0.721. The van der Waals surface area contributed by atoms with Crippen LogP contribution in [0.1, 0.15) is 23.6 Å². The molecule has 0 nitrogen and oxygen atoms in total.